The maximum atomic E-state index is 11.2. The van der Waals surface area contributed by atoms with E-state index < -0.39 is 0 Å². The van der Waals surface area contributed by atoms with Gasteiger partial charge in [0, 0.05) is 22.8 Å². The molecule has 20 heavy (non-hydrogen) atoms. The van der Waals surface area contributed by atoms with Crippen molar-refractivity contribution >= 4 is 17.7 Å². The standard InChI is InChI=1S/C15H18N2O2S/c1-12(8-15(18)19-2)20-11-13-9-16-17(10-13)14-6-4-3-5-7-14/h3-7,9-10,12H,8,11H2,1-2H3. The van der Waals surface area contributed by atoms with Gasteiger partial charge in [-0.25, -0.2) is 4.68 Å². The zero-order valence-corrected chi connectivity index (χ0v) is 12.5. The summed E-state index contributed by atoms with van der Waals surface area (Å²) in [7, 11) is 1.42. The predicted molar refractivity (Wildman–Crippen MR) is 81.0 cm³/mol. The number of para-hydroxylation sites is 1. The van der Waals surface area contributed by atoms with E-state index in [9.17, 15) is 4.79 Å². The summed E-state index contributed by atoms with van der Waals surface area (Å²) in [5.41, 5.74) is 2.20. The van der Waals surface area contributed by atoms with Crippen LogP contribution in [0.2, 0.25) is 0 Å². The molecule has 1 unspecified atom stereocenters. The second-order valence-corrected chi connectivity index (χ2v) is 5.96. The van der Waals surface area contributed by atoms with Gasteiger partial charge in [-0.2, -0.15) is 16.9 Å². The lowest BCUT2D eigenvalue weighted by Gasteiger charge is -2.08. The summed E-state index contributed by atoms with van der Waals surface area (Å²) >= 11 is 1.73. The van der Waals surface area contributed by atoms with Crippen LogP contribution in [-0.4, -0.2) is 28.1 Å². The van der Waals surface area contributed by atoms with Crippen LogP contribution in [0.4, 0.5) is 0 Å². The third kappa shape index (κ3) is 4.13. The first-order valence-corrected chi connectivity index (χ1v) is 7.51. The molecule has 0 amide bonds. The molecule has 0 saturated carbocycles. The van der Waals surface area contributed by atoms with Gasteiger partial charge in [-0.1, -0.05) is 25.1 Å². The van der Waals surface area contributed by atoms with Crippen LogP contribution in [0.3, 0.4) is 0 Å². The van der Waals surface area contributed by atoms with E-state index >= 15 is 0 Å². The topological polar surface area (TPSA) is 44.1 Å². The third-order valence-corrected chi connectivity index (χ3v) is 4.11. The van der Waals surface area contributed by atoms with Crippen LogP contribution in [0, 0.1) is 0 Å². The number of methoxy groups -OCH3 is 1. The van der Waals surface area contributed by atoms with Crippen molar-refractivity contribution in [2.24, 2.45) is 0 Å². The number of thioether (sulfide) groups is 1. The Morgan fingerprint density at radius 3 is 2.85 bits per heavy atom. The Hall–Kier alpha value is -1.75. The maximum Gasteiger partial charge on any atom is 0.306 e. The average molecular weight is 290 g/mol. The van der Waals surface area contributed by atoms with Crippen LogP contribution in [0.5, 0.6) is 0 Å². The van der Waals surface area contributed by atoms with Gasteiger partial charge in [-0.3, -0.25) is 4.79 Å². The number of nitrogens with zero attached hydrogens (tertiary/aromatic N) is 2. The maximum absolute atomic E-state index is 11.2. The molecule has 2 rings (SSSR count). The number of carbonyl (C=O) groups is 1. The van der Waals surface area contributed by atoms with Crippen LogP contribution in [-0.2, 0) is 15.3 Å². The van der Waals surface area contributed by atoms with Crippen molar-refractivity contribution in [1.29, 1.82) is 0 Å². The number of aromatic nitrogens is 2. The summed E-state index contributed by atoms with van der Waals surface area (Å²) in [5.74, 6) is 0.676. The van der Waals surface area contributed by atoms with Crippen molar-refractivity contribution in [2.45, 2.75) is 24.3 Å². The molecule has 0 bridgehead atoms. The Balaban J connectivity index is 1.89. The van der Waals surface area contributed by atoms with Crippen molar-refractivity contribution in [3.63, 3.8) is 0 Å². The van der Waals surface area contributed by atoms with Crippen molar-refractivity contribution in [1.82, 2.24) is 9.78 Å². The summed E-state index contributed by atoms with van der Waals surface area (Å²) in [5, 5.41) is 4.59. The Labute approximate surface area is 123 Å². The highest BCUT2D eigenvalue weighted by atomic mass is 32.2. The molecule has 2 aromatic rings. The Morgan fingerprint density at radius 2 is 2.15 bits per heavy atom. The molecule has 1 aromatic carbocycles. The summed E-state index contributed by atoms with van der Waals surface area (Å²) in [6, 6.07) is 10.00. The number of hydrogen-bond acceptors (Lipinski definition) is 4. The smallest absolute Gasteiger partial charge is 0.306 e. The van der Waals surface area contributed by atoms with E-state index in [2.05, 4.69) is 9.84 Å². The molecule has 1 atom stereocenters. The highest BCUT2D eigenvalue weighted by Gasteiger charge is 2.10. The van der Waals surface area contributed by atoms with E-state index in [0.717, 1.165) is 17.0 Å². The highest BCUT2D eigenvalue weighted by Crippen LogP contribution is 2.20. The summed E-state index contributed by atoms with van der Waals surface area (Å²) in [6.07, 6.45) is 4.33. The van der Waals surface area contributed by atoms with Gasteiger partial charge in [-0.05, 0) is 12.1 Å². The normalized spacial score (nSPS) is 12.1. The molecule has 106 valence electrons. The Bertz CT molecular complexity index is 554. The molecule has 4 nitrogen and oxygen atoms in total. The van der Waals surface area contributed by atoms with E-state index in [1.807, 2.05) is 54.3 Å². The van der Waals surface area contributed by atoms with Gasteiger partial charge in [0.1, 0.15) is 0 Å². The summed E-state index contributed by atoms with van der Waals surface area (Å²) < 4.78 is 6.53. The lowest BCUT2D eigenvalue weighted by Crippen LogP contribution is -2.08. The van der Waals surface area contributed by atoms with Gasteiger partial charge < -0.3 is 4.74 Å². The second kappa shape index (κ2) is 7.14. The minimum absolute atomic E-state index is 0.162. The number of benzene rings is 1. The SMILES string of the molecule is COC(=O)CC(C)SCc1cnn(-c2ccccc2)c1. The van der Waals surface area contributed by atoms with Crippen molar-refractivity contribution in [2.75, 3.05) is 7.11 Å². The zero-order valence-electron chi connectivity index (χ0n) is 11.7. The van der Waals surface area contributed by atoms with E-state index in [0.29, 0.717) is 6.42 Å². The Morgan fingerprint density at radius 1 is 1.40 bits per heavy atom. The number of ether oxygens (including phenoxy) is 1. The minimum atomic E-state index is -0.162. The lowest BCUT2D eigenvalue weighted by atomic mass is 10.3. The van der Waals surface area contributed by atoms with Gasteiger partial charge in [0.2, 0.25) is 0 Å². The Kier molecular flexibility index (Phi) is 5.24. The van der Waals surface area contributed by atoms with Crippen LogP contribution >= 0.6 is 11.8 Å². The molecule has 0 aliphatic heterocycles. The number of hydrogen-bond donors (Lipinski definition) is 0. The molecule has 0 saturated heterocycles. The number of carbonyl (C=O) groups excluding carboxylic acids is 1. The fourth-order valence-corrected chi connectivity index (χ4v) is 2.65. The van der Waals surface area contributed by atoms with Gasteiger partial charge in [0.25, 0.3) is 0 Å². The molecule has 0 aliphatic carbocycles. The predicted octanol–water partition coefficient (Wildman–Crippen LogP) is 3.06. The van der Waals surface area contributed by atoms with E-state index in [1.54, 1.807) is 11.8 Å². The van der Waals surface area contributed by atoms with Crippen LogP contribution in [0.25, 0.3) is 5.69 Å². The van der Waals surface area contributed by atoms with Gasteiger partial charge in [0.15, 0.2) is 0 Å². The molecule has 0 radical (unpaired) electrons. The first-order chi connectivity index (χ1) is 9.69. The average Bonchev–Trinajstić information content (AvgIpc) is 2.95. The molecule has 0 fully saturated rings. The van der Waals surface area contributed by atoms with Crippen LogP contribution in [0.1, 0.15) is 18.9 Å². The zero-order chi connectivity index (χ0) is 14.4. The van der Waals surface area contributed by atoms with Crippen LogP contribution in [0.15, 0.2) is 42.7 Å². The fraction of sp³-hybridized carbons (Fsp3) is 0.333. The first-order valence-electron chi connectivity index (χ1n) is 6.46. The summed E-state index contributed by atoms with van der Waals surface area (Å²) in [6.45, 7) is 2.03. The van der Waals surface area contributed by atoms with Crippen molar-refractivity contribution < 1.29 is 9.53 Å². The van der Waals surface area contributed by atoms with E-state index in [4.69, 9.17) is 0 Å². The molecular formula is C15H18N2O2S. The quantitative estimate of drug-likeness (QED) is 0.767. The fourth-order valence-electron chi connectivity index (χ4n) is 1.77. The molecule has 1 aromatic heterocycles. The largest absolute Gasteiger partial charge is 0.469 e. The molecule has 0 N–H and O–H groups in total. The number of esters is 1. The number of rotatable bonds is 6. The molecule has 0 spiro atoms. The van der Waals surface area contributed by atoms with Gasteiger partial charge in [0.05, 0.1) is 25.4 Å². The monoisotopic (exact) mass is 290 g/mol. The van der Waals surface area contributed by atoms with Gasteiger partial charge >= 0.3 is 5.97 Å². The van der Waals surface area contributed by atoms with Gasteiger partial charge in [-0.15, -0.1) is 0 Å². The minimum Gasteiger partial charge on any atom is -0.469 e. The van der Waals surface area contributed by atoms with Crippen molar-refractivity contribution in [3.8, 4) is 5.69 Å². The molecule has 0 aliphatic rings. The first kappa shape index (κ1) is 14.7. The van der Waals surface area contributed by atoms with Crippen molar-refractivity contribution in [3.05, 3.63) is 48.3 Å². The molecule has 1 heterocycles. The third-order valence-electron chi connectivity index (χ3n) is 2.87. The van der Waals surface area contributed by atoms with Crippen LogP contribution < -0.4 is 0 Å². The molecule has 5 heteroatoms. The molecular weight excluding hydrogens is 272 g/mol. The second-order valence-electron chi connectivity index (χ2n) is 4.53. The van der Waals surface area contributed by atoms with E-state index in [1.165, 1.54) is 7.11 Å². The summed E-state index contributed by atoms with van der Waals surface area (Å²) in [4.78, 5) is 11.2. The van der Waals surface area contributed by atoms with E-state index in [-0.39, 0.29) is 11.2 Å². The lowest BCUT2D eigenvalue weighted by molar-refractivity contribution is -0.140. The highest BCUT2D eigenvalue weighted by molar-refractivity contribution is 7.99.